The highest BCUT2D eigenvalue weighted by Crippen LogP contribution is 2.25. The molecule has 0 unspecified atom stereocenters. The average molecular weight is 513 g/mol. The Morgan fingerprint density at radius 2 is 1.88 bits per heavy atom. The van der Waals surface area contributed by atoms with Crippen LogP contribution in [0.1, 0.15) is 34.6 Å². The average Bonchev–Trinajstić information content (AvgIpc) is 3.28. The quantitative estimate of drug-likeness (QED) is 0.488. The lowest BCUT2D eigenvalue weighted by molar-refractivity contribution is -0.124. The van der Waals surface area contributed by atoms with E-state index in [1.54, 1.807) is 58.9 Å². The van der Waals surface area contributed by atoms with Crippen LogP contribution in [0.4, 0.5) is 10.5 Å². The summed E-state index contributed by atoms with van der Waals surface area (Å²) in [6.07, 6.45) is 0.833. The maximum Gasteiger partial charge on any atom is 0.408 e. The van der Waals surface area contributed by atoms with Crippen molar-refractivity contribution in [1.82, 2.24) is 15.8 Å². The number of hydrogen-bond donors (Lipinski definition) is 2. The first-order chi connectivity index (χ1) is 15.9. The van der Waals surface area contributed by atoms with Gasteiger partial charge in [-0.25, -0.2) is 4.79 Å². The van der Waals surface area contributed by atoms with Gasteiger partial charge in [-0.15, -0.1) is 0 Å². The number of alkyl halides is 2. The minimum atomic E-state index is -1.29. The number of hydrogen-bond acceptors (Lipinski definition) is 6. The highest BCUT2D eigenvalue weighted by atomic mass is 35.5. The van der Waals surface area contributed by atoms with E-state index in [9.17, 15) is 14.4 Å². The molecule has 0 aliphatic heterocycles. The minimum absolute atomic E-state index is 0.0941. The number of halogens is 2. The number of ether oxygens (including phenoxy) is 1. The zero-order chi connectivity index (χ0) is 25.5. The Bertz CT molecular complexity index is 974. The SMILES string of the molecule is CC(C)[C@H](NC(=O)OC(C)(C)C)C(=O)NCCN(C(=O)C(Cl)Cl)c1cccc(-c2ccno2)c1. The van der Waals surface area contributed by atoms with Crippen molar-refractivity contribution in [2.24, 2.45) is 5.92 Å². The fourth-order valence-corrected chi connectivity index (χ4v) is 3.28. The van der Waals surface area contributed by atoms with Crippen LogP contribution in [0.25, 0.3) is 11.3 Å². The van der Waals surface area contributed by atoms with Crippen LogP contribution in [0.3, 0.4) is 0 Å². The monoisotopic (exact) mass is 512 g/mol. The molecule has 0 aliphatic rings. The molecule has 2 N–H and O–H groups in total. The van der Waals surface area contributed by atoms with Gasteiger partial charge in [-0.1, -0.05) is 54.3 Å². The van der Waals surface area contributed by atoms with Crippen LogP contribution < -0.4 is 15.5 Å². The molecule has 2 aromatic rings. The van der Waals surface area contributed by atoms with E-state index in [0.717, 1.165) is 0 Å². The third-order valence-corrected chi connectivity index (χ3v) is 4.96. The van der Waals surface area contributed by atoms with Gasteiger partial charge < -0.3 is 24.8 Å². The van der Waals surface area contributed by atoms with E-state index < -0.39 is 34.4 Å². The van der Waals surface area contributed by atoms with Crippen molar-refractivity contribution in [3.8, 4) is 11.3 Å². The van der Waals surface area contributed by atoms with Gasteiger partial charge in [-0.05, 0) is 38.8 Å². The third-order valence-electron chi connectivity index (χ3n) is 4.59. The third kappa shape index (κ3) is 8.22. The Labute approximate surface area is 209 Å². The van der Waals surface area contributed by atoms with Crippen molar-refractivity contribution >= 4 is 46.8 Å². The summed E-state index contributed by atoms with van der Waals surface area (Å²) < 4.78 is 10.4. The Balaban J connectivity index is 2.09. The topological polar surface area (TPSA) is 114 Å². The van der Waals surface area contributed by atoms with Crippen molar-refractivity contribution in [1.29, 1.82) is 0 Å². The second-order valence-electron chi connectivity index (χ2n) is 8.88. The number of alkyl carbamates (subject to hydrolysis) is 1. The van der Waals surface area contributed by atoms with Gasteiger partial charge in [-0.2, -0.15) is 0 Å². The van der Waals surface area contributed by atoms with Gasteiger partial charge >= 0.3 is 6.09 Å². The molecule has 3 amide bonds. The maximum atomic E-state index is 12.8. The molecule has 11 heteroatoms. The second-order valence-corrected chi connectivity index (χ2v) is 9.97. The first kappa shape index (κ1) is 27.5. The lowest BCUT2D eigenvalue weighted by Crippen LogP contribution is -2.52. The van der Waals surface area contributed by atoms with Crippen LogP contribution in [0.15, 0.2) is 41.1 Å². The Morgan fingerprint density at radius 3 is 2.44 bits per heavy atom. The molecule has 2 rings (SSSR count). The smallest absolute Gasteiger partial charge is 0.408 e. The number of amides is 3. The first-order valence-corrected chi connectivity index (χ1v) is 11.6. The first-order valence-electron chi connectivity index (χ1n) is 10.8. The number of anilines is 1. The number of rotatable bonds is 9. The summed E-state index contributed by atoms with van der Waals surface area (Å²) in [5.41, 5.74) is 0.536. The molecule has 34 heavy (non-hydrogen) atoms. The minimum Gasteiger partial charge on any atom is -0.444 e. The van der Waals surface area contributed by atoms with Crippen molar-refractivity contribution in [3.05, 3.63) is 36.5 Å². The molecule has 0 radical (unpaired) electrons. The van der Waals surface area contributed by atoms with Crippen LogP contribution in [0, 0.1) is 5.92 Å². The van der Waals surface area contributed by atoms with Crippen molar-refractivity contribution in [2.75, 3.05) is 18.0 Å². The summed E-state index contributed by atoms with van der Waals surface area (Å²) >= 11 is 11.7. The van der Waals surface area contributed by atoms with Gasteiger partial charge in [0.25, 0.3) is 5.91 Å². The molecule has 9 nitrogen and oxygen atoms in total. The molecule has 0 saturated heterocycles. The second kappa shape index (κ2) is 12.1. The summed E-state index contributed by atoms with van der Waals surface area (Å²) in [6.45, 7) is 9.01. The number of nitrogens with one attached hydrogen (secondary N) is 2. The van der Waals surface area contributed by atoms with Crippen molar-refractivity contribution in [3.63, 3.8) is 0 Å². The van der Waals surface area contributed by atoms with Gasteiger partial charge in [-0.3, -0.25) is 9.59 Å². The predicted octanol–water partition coefficient (Wildman–Crippen LogP) is 4.14. The molecule has 1 aromatic heterocycles. The van der Waals surface area contributed by atoms with E-state index in [-0.39, 0.29) is 19.0 Å². The molecule has 0 aliphatic carbocycles. The van der Waals surface area contributed by atoms with Crippen LogP contribution in [0.2, 0.25) is 0 Å². The lowest BCUT2D eigenvalue weighted by atomic mass is 10.0. The number of aromatic nitrogens is 1. The normalized spacial score (nSPS) is 12.4. The van der Waals surface area contributed by atoms with Gasteiger partial charge in [0.2, 0.25) is 5.91 Å². The Kier molecular flexibility index (Phi) is 9.76. The Hall–Kier alpha value is -2.78. The number of nitrogens with zero attached hydrogens (tertiary/aromatic N) is 2. The number of carbonyl (C=O) groups is 3. The zero-order valence-corrected chi connectivity index (χ0v) is 21.3. The fourth-order valence-electron chi connectivity index (χ4n) is 3.05. The molecular formula is C23H30Cl2N4O5. The van der Waals surface area contributed by atoms with Crippen LogP contribution in [-0.4, -0.2) is 52.6 Å². The van der Waals surface area contributed by atoms with E-state index in [0.29, 0.717) is 17.0 Å². The number of benzene rings is 1. The van der Waals surface area contributed by atoms with Crippen molar-refractivity contribution in [2.45, 2.75) is 51.1 Å². The molecule has 0 spiro atoms. The summed E-state index contributed by atoms with van der Waals surface area (Å²) in [6, 6.07) is 7.89. The molecule has 1 heterocycles. The Morgan fingerprint density at radius 1 is 1.18 bits per heavy atom. The standard InChI is InChI=1S/C23H30Cl2N4O5/c1-14(2)18(28-22(32)33-23(3,4)5)20(30)26-11-12-29(21(31)19(24)25)16-8-6-7-15(13-16)17-9-10-27-34-17/h6-10,13-14,18-19H,11-12H2,1-5H3,(H,26,30)(H,28,32)/t18-/m0/s1. The molecular weight excluding hydrogens is 483 g/mol. The van der Waals surface area contributed by atoms with Gasteiger partial charge in [0, 0.05) is 30.4 Å². The molecule has 0 fully saturated rings. The highest BCUT2D eigenvalue weighted by Gasteiger charge is 2.28. The highest BCUT2D eigenvalue weighted by molar-refractivity contribution is 6.54. The summed E-state index contributed by atoms with van der Waals surface area (Å²) in [4.78, 5) is 37.7. The van der Waals surface area contributed by atoms with Gasteiger partial charge in [0.15, 0.2) is 10.6 Å². The van der Waals surface area contributed by atoms with Crippen LogP contribution in [0.5, 0.6) is 0 Å². The molecule has 0 saturated carbocycles. The van der Waals surface area contributed by atoms with E-state index >= 15 is 0 Å². The fraction of sp³-hybridized carbons (Fsp3) is 0.478. The molecule has 1 atom stereocenters. The van der Waals surface area contributed by atoms with E-state index in [1.807, 2.05) is 6.07 Å². The van der Waals surface area contributed by atoms with Gasteiger partial charge in [0.1, 0.15) is 11.6 Å². The number of carbonyl (C=O) groups excluding carboxylic acids is 3. The predicted molar refractivity (Wildman–Crippen MR) is 131 cm³/mol. The van der Waals surface area contributed by atoms with E-state index in [1.165, 1.54) is 11.1 Å². The molecule has 186 valence electrons. The van der Waals surface area contributed by atoms with Crippen molar-refractivity contribution < 1.29 is 23.6 Å². The van der Waals surface area contributed by atoms with E-state index in [4.69, 9.17) is 32.5 Å². The van der Waals surface area contributed by atoms with Crippen LogP contribution in [-0.2, 0) is 14.3 Å². The molecule has 0 bridgehead atoms. The summed E-state index contributed by atoms with van der Waals surface area (Å²) in [7, 11) is 0. The van der Waals surface area contributed by atoms with Gasteiger partial charge in [0.05, 0.1) is 6.20 Å². The lowest BCUT2D eigenvalue weighted by Gasteiger charge is -2.26. The van der Waals surface area contributed by atoms with Crippen LogP contribution >= 0.6 is 23.2 Å². The zero-order valence-electron chi connectivity index (χ0n) is 19.8. The molecule has 1 aromatic carbocycles. The summed E-state index contributed by atoms with van der Waals surface area (Å²) in [5.74, 6) is -0.612. The summed E-state index contributed by atoms with van der Waals surface area (Å²) in [5, 5.41) is 9.04. The maximum absolute atomic E-state index is 12.8. The van der Waals surface area contributed by atoms with E-state index in [2.05, 4.69) is 15.8 Å². The largest absolute Gasteiger partial charge is 0.444 e.